The molecule has 0 unspecified atom stereocenters. The first-order valence-corrected chi connectivity index (χ1v) is 8.91. The Kier molecular flexibility index (Phi) is 6.05. The van der Waals surface area contributed by atoms with Gasteiger partial charge in [-0.05, 0) is 23.3 Å². The van der Waals surface area contributed by atoms with Gasteiger partial charge < -0.3 is 4.90 Å². The van der Waals surface area contributed by atoms with Gasteiger partial charge in [-0.15, -0.1) is 0 Å². The van der Waals surface area contributed by atoms with Crippen LogP contribution in [0.3, 0.4) is 0 Å². The monoisotopic (exact) mass is 368 g/mol. The lowest BCUT2D eigenvalue weighted by Gasteiger charge is -2.36. The normalized spacial score (nSPS) is 15.3. The number of carbonyl (C=O) groups excluding carboxylic acids is 1. The molecule has 0 radical (unpaired) electrons. The number of hydrogen-bond acceptors (Lipinski definition) is 5. The van der Waals surface area contributed by atoms with Crippen LogP contribution in [0.15, 0.2) is 53.3 Å². The quantitative estimate of drug-likeness (QED) is 0.472. The van der Waals surface area contributed by atoms with Gasteiger partial charge in [0.25, 0.3) is 11.5 Å². The van der Waals surface area contributed by atoms with E-state index in [9.17, 15) is 9.59 Å². The van der Waals surface area contributed by atoms with E-state index >= 15 is 0 Å². The van der Waals surface area contributed by atoms with Crippen molar-refractivity contribution in [1.29, 1.82) is 0 Å². The topological polar surface area (TPSA) is 77.8 Å². The summed E-state index contributed by atoms with van der Waals surface area (Å²) in [6, 6.07) is 13.4. The number of aromatic nitrogens is 1. The number of hydrogen-bond donors (Lipinski definition) is 2. The van der Waals surface area contributed by atoms with Gasteiger partial charge >= 0.3 is 0 Å². The highest BCUT2D eigenvalue weighted by atomic mass is 16.5. The molecular weight excluding hydrogens is 344 g/mol. The van der Waals surface area contributed by atoms with Gasteiger partial charge in [0.15, 0.2) is 0 Å². The maximum atomic E-state index is 11.8. The molecule has 1 aliphatic rings. The Morgan fingerprint density at radius 3 is 2.48 bits per heavy atom. The second-order valence-corrected chi connectivity index (χ2v) is 6.60. The largest absolute Gasteiger partial charge is 0.355 e. The molecule has 2 N–H and O–H groups in total. The van der Waals surface area contributed by atoms with Crippen LogP contribution >= 0.6 is 0 Å². The maximum absolute atomic E-state index is 11.8. The molecule has 0 spiro atoms. The fourth-order valence-corrected chi connectivity index (χ4v) is 3.21. The molecule has 3 rings (SSSR count). The minimum atomic E-state index is -0.548. The zero-order chi connectivity index (χ0) is 19.2. The van der Waals surface area contributed by atoms with Crippen molar-refractivity contribution in [1.82, 2.24) is 14.9 Å². The van der Waals surface area contributed by atoms with E-state index < -0.39 is 5.91 Å². The van der Waals surface area contributed by atoms with E-state index in [0.717, 1.165) is 44.1 Å². The van der Waals surface area contributed by atoms with Crippen molar-refractivity contribution < 1.29 is 10.0 Å². The fourth-order valence-electron chi connectivity index (χ4n) is 3.21. The Bertz CT molecular complexity index is 866. The van der Waals surface area contributed by atoms with Crippen molar-refractivity contribution in [3.05, 3.63) is 70.0 Å². The summed E-state index contributed by atoms with van der Waals surface area (Å²) in [6.07, 6.45) is 2.93. The number of benzene rings is 1. The Morgan fingerprint density at radius 1 is 1.11 bits per heavy atom. The summed E-state index contributed by atoms with van der Waals surface area (Å²) in [5, 5.41) is 8.48. The SMILES string of the molecule is Cn1c(N2CCN(Cc3ccc(C=CC(=O)NO)cc3)CC2)cccc1=O. The number of nitrogens with zero attached hydrogens (tertiary/aromatic N) is 3. The van der Waals surface area contributed by atoms with Crippen LogP contribution in [0.25, 0.3) is 6.08 Å². The van der Waals surface area contributed by atoms with Crippen LogP contribution in [0.5, 0.6) is 0 Å². The smallest absolute Gasteiger partial charge is 0.267 e. The van der Waals surface area contributed by atoms with Crippen molar-refractivity contribution >= 4 is 17.8 Å². The van der Waals surface area contributed by atoms with Gasteiger partial charge in [-0.1, -0.05) is 30.3 Å². The van der Waals surface area contributed by atoms with E-state index in [0.29, 0.717) is 0 Å². The first-order valence-electron chi connectivity index (χ1n) is 8.91. The number of nitrogens with one attached hydrogen (secondary N) is 1. The summed E-state index contributed by atoms with van der Waals surface area (Å²) in [7, 11) is 1.81. The predicted octanol–water partition coefficient (Wildman–Crippen LogP) is 1.23. The van der Waals surface area contributed by atoms with Crippen molar-refractivity contribution in [2.75, 3.05) is 31.1 Å². The highest BCUT2D eigenvalue weighted by Crippen LogP contribution is 2.16. The lowest BCUT2D eigenvalue weighted by Crippen LogP contribution is -2.47. The van der Waals surface area contributed by atoms with Crippen LogP contribution in [0.1, 0.15) is 11.1 Å². The molecule has 27 heavy (non-hydrogen) atoms. The van der Waals surface area contributed by atoms with Crippen LogP contribution in [-0.2, 0) is 18.4 Å². The molecule has 2 heterocycles. The highest BCUT2D eigenvalue weighted by molar-refractivity contribution is 5.90. The molecule has 0 atom stereocenters. The van der Waals surface area contributed by atoms with Gasteiger partial charge in [-0.3, -0.25) is 24.3 Å². The zero-order valence-electron chi connectivity index (χ0n) is 15.3. The van der Waals surface area contributed by atoms with Gasteiger partial charge in [-0.2, -0.15) is 0 Å². The van der Waals surface area contributed by atoms with Gasteiger partial charge in [0.1, 0.15) is 5.82 Å². The summed E-state index contributed by atoms with van der Waals surface area (Å²) >= 11 is 0. The zero-order valence-corrected chi connectivity index (χ0v) is 15.3. The van der Waals surface area contributed by atoms with Crippen molar-refractivity contribution in [2.24, 2.45) is 7.05 Å². The molecular formula is C20H24N4O3. The van der Waals surface area contributed by atoms with Crippen molar-refractivity contribution in [3.63, 3.8) is 0 Å². The molecule has 1 aromatic carbocycles. The first kappa shape index (κ1) is 18.9. The van der Waals surface area contributed by atoms with E-state index in [4.69, 9.17) is 5.21 Å². The number of pyridine rings is 1. The van der Waals surface area contributed by atoms with E-state index in [2.05, 4.69) is 9.80 Å². The molecule has 1 fully saturated rings. The number of hydroxylamine groups is 1. The Hall–Kier alpha value is -2.90. The molecule has 7 heteroatoms. The van der Waals surface area contributed by atoms with Crippen LogP contribution in [0.2, 0.25) is 0 Å². The predicted molar refractivity (Wildman–Crippen MR) is 105 cm³/mol. The fraction of sp³-hybridized carbons (Fsp3) is 0.300. The number of piperazine rings is 1. The number of rotatable bonds is 5. The molecule has 1 amide bonds. The second kappa shape index (κ2) is 8.66. The molecule has 1 saturated heterocycles. The lowest BCUT2D eigenvalue weighted by atomic mass is 10.1. The summed E-state index contributed by atoms with van der Waals surface area (Å²) in [5.74, 6) is 0.415. The van der Waals surface area contributed by atoms with Crippen LogP contribution < -0.4 is 15.9 Å². The molecule has 2 aromatic rings. The third kappa shape index (κ3) is 4.84. The van der Waals surface area contributed by atoms with Gasteiger partial charge in [0, 0.05) is 51.9 Å². The first-order chi connectivity index (χ1) is 13.1. The van der Waals surface area contributed by atoms with Crippen LogP contribution in [0, 0.1) is 0 Å². The standard InChI is InChI=1S/C20H24N4O3/c1-22-19(3-2-4-20(22)26)24-13-11-23(12-14-24)15-17-7-5-16(6-8-17)9-10-18(25)21-27/h2-10,27H,11-15H2,1H3,(H,21,25). The lowest BCUT2D eigenvalue weighted by molar-refractivity contribution is -0.124. The Balaban J connectivity index is 1.55. The second-order valence-electron chi connectivity index (χ2n) is 6.60. The molecule has 142 valence electrons. The van der Waals surface area contributed by atoms with Gasteiger partial charge in [0.05, 0.1) is 0 Å². The van der Waals surface area contributed by atoms with Crippen molar-refractivity contribution in [3.8, 4) is 0 Å². The Morgan fingerprint density at radius 2 is 1.81 bits per heavy atom. The van der Waals surface area contributed by atoms with Gasteiger partial charge in [-0.25, -0.2) is 5.48 Å². The molecule has 0 bridgehead atoms. The minimum Gasteiger partial charge on any atom is -0.355 e. The van der Waals surface area contributed by atoms with Crippen molar-refractivity contribution in [2.45, 2.75) is 6.54 Å². The highest BCUT2D eigenvalue weighted by Gasteiger charge is 2.18. The maximum Gasteiger partial charge on any atom is 0.267 e. The van der Waals surface area contributed by atoms with Crippen LogP contribution in [-0.4, -0.2) is 46.8 Å². The molecule has 7 nitrogen and oxygen atoms in total. The summed E-state index contributed by atoms with van der Waals surface area (Å²) in [5.41, 5.74) is 3.69. The van der Waals surface area contributed by atoms with E-state index in [1.165, 1.54) is 11.6 Å². The molecule has 1 aromatic heterocycles. The number of amides is 1. The minimum absolute atomic E-state index is 0.0144. The molecule has 1 aliphatic heterocycles. The molecule has 0 aliphatic carbocycles. The summed E-state index contributed by atoms with van der Waals surface area (Å²) in [6.45, 7) is 4.49. The average Bonchev–Trinajstić information content (AvgIpc) is 2.70. The van der Waals surface area contributed by atoms with E-state index in [1.807, 2.05) is 43.4 Å². The summed E-state index contributed by atoms with van der Waals surface area (Å²) < 4.78 is 1.69. The van der Waals surface area contributed by atoms with Crippen LogP contribution in [0.4, 0.5) is 5.82 Å². The van der Waals surface area contributed by atoms with Gasteiger partial charge in [0.2, 0.25) is 0 Å². The third-order valence-corrected chi connectivity index (χ3v) is 4.78. The Labute approximate surface area is 158 Å². The average molecular weight is 368 g/mol. The van der Waals surface area contributed by atoms with E-state index in [1.54, 1.807) is 22.2 Å². The summed E-state index contributed by atoms with van der Waals surface area (Å²) in [4.78, 5) is 27.4. The number of carbonyl (C=O) groups is 1. The number of anilines is 1. The van der Waals surface area contributed by atoms with E-state index in [-0.39, 0.29) is 5.56 Å². The molecule has 0 saturated carbocycles. The third-order valence-electron chi connectivity index (χ3n) is 4.78.